The predicted molar refractivity (Wildman–Crippen MR) is 89.9 cm³/mol. The average Bonchev–Trinajstić information content (AvgIpc) is 2.93. The smallest absolute Gasteiger partial charge is 0.191 e. The van der Waals surface area contributed by atoms with Gasteiger partial charge in [0.1, 0.15) is 5.01 Å². The van der Waals surface area contributed by atoms with Crippen molar-refractivity contribution in [2.75, 3.05) is 13.6 Å². The highest BCUT2D eigenvalue weighted by atomic mass is 32.1. The Kier molecular flexibility index (Phi) is 5.75. The highest BCUT2D eigenvalue weighted by Gasteiger charge is 2.06. The third-order valence-electron chi connectivity index (χ3n) is 3.24. The lowest BCUT2D eigenvalue weighted by Crippen LogP contribution is -2.38. The first-order chi connectivity index (χ1) is 10.2. The molecule has 2 aromatic rings. The van der Waals surface area contributed by atoms with Crippen molar-refractivity contribution in [3.05, 3.63) is 52.0 Å². The van der Waals surface area contributed by atoms with Crippen molar-refractivity contribution in [2.24, 2.45) is 4.99 Å². The summed E-state index contributed by atoms with van der Waals surface area (Å²) in [5.41, 5.74) is 1.33. The van der Waals surface area contributed by atoms with Crippen LogP contribution in [0.15, 0.2) is 41.5 Å². The summed E-state index contributed by atoms with van der Waals surface area (Å²) in [6, 6.07) is 10.5. The van der Waals surface area contributed by atoms with Crippen LogP contribution in [-0.2, 0) is 6.54 Å². The predicted octanol–water partition coefficient (Wildman–Crippen LogP) is 2.92. The maximum Gasteiger partial charge on any atom is 0.191 e. The van der Waals surface area contributed by atoms with Gasteiger partial charge in [0.2, 0.25) is 0 Å². The van der Waals surface area contributed by atoms with E-state index in [-0.39, 0.29) is 0 Å². The lowest BCUT2D eigenvalue weighted by atomic mass is 10.0. The van der Waals surface area contributed by atoms with Crippen LogP contribution >= 0.6 is 11.3 Å². The van der Waals surface area contributed by atoms with E-state index in [2.05, 4.69) is 58.7 Å². The monoisotopic (exact) mass is 302 g/mol. The molecule has 112 valence electrons. The van der Waals surface area contributed by atoms with Crippen LogP contribution in [0.4, 0.5) is 0 Å². The molecule has 5 heteroatoms. The van der Waals surface area contributed by atoms with E-state index in [1.807, 2.05) is 12.3 Å². The molecule has 0 saturated heterocycles. The van der Waals surface area contributed by atoms with Crippen molar-refractivity contribution in [3.8, 4) is 0 Å². The van der Waals surface area contributed by atoms with Gasteiger partial charge in [0.25, 0.3) is 0 Å². The number of rotatable bonds is 5. The Hall–Kier alpha value is -1.88. The molecule has 0 aliphatic heterocycles. The van der Waals surface area contributed by atoms with E-state index < -0.39 is 0 Å². The number of thiazole rings is 1. The largest absolute Gasteiger partial charge is 0.356 e. The van der Waals surface area contributed by atoms with Crippen LogP contribution < -0.4 is 10.6 Å². The van der Waals surface area contributed by atoms with Crippen molar-refractivity contribution in [2.45, 2.75) is 26.3 Å². The second kappa shape index (κ2) is 7.78. The van der Waals surface area contributed by atoms with E-state index >= 15 is 0 Å². The number of aromatic nitrogens is 1. The molecule has 1 unspecified atom stereocenters. The Balaban J connectivity index is 1.80. The molecule has 21 heavy (non-hydrogen) atoms. The summed E-state index contributed by atoms with van der Waals surface area (Å²) in [5.74, 6) is 1.25. The molecule has 1 heterocycles. The van der Waals surface area contributed by atoms with Crippen molar-refractivity contribution >= 4 is 17.3 Å². The normalized spacial score (nSPS) is 13.0. The van der Waals surface area contributed by atoms with Crippen LogP contribution in [0, 0.1) is 6.92 Å². The van der Waals surface area contributed by atoms with Gasteiger partial charge in [-0.05, 0) is 18.4 Å². The number of guanidine groups is 1. The molecule has 0 aliphatic carbocycles. The highest BCUT2D eigenvalue weighted by molar-refractivity contribution is 7.11. The van der Waals surface area contributed by atoms with E-state index in [0.29, 0.717) is 12.5 Å². The molecule has 0 bridgehead atoms. The number of nitrogens with one attached hydrogen (secondary N) is 2. The fourth-order valence-corrected chi connectivity index (χ4v) is 2.74. The molecule has 0 saturated carbocycles. The fraction of sp³-hybridized carbons (Fsp3) is 0.375. The SMILES string of the molecule is CN=C(NCc1ncc(C)s1)NCC(C)c1ccccc1. The Bertz CT molecular complexity index is 577. The Morgan fingerprint density at radius 1 is 1.29 bits per heavy atom. The van der Waals surface area contributed by atoms with Gasteiger partial charge in [0, 0.05) is 24.7 Å². The highest BCUT2D eigenvalue weighted by Crippen LogP contribution is 2.13. The average molecular weight is 302 g/mol. The fourth-order valence-electron chi connectivity index (χ4n) is 2.01. The van der Waals surface area contributed by atoms with E-state index in [0.717, 1.165) is 17.5 Å². The zero-order valence-corrected chi connectivity index (χ0v) is 13.6. The minimum atomic E-state index is 0.437. The molecule has 2 rings (SSSR count). The number of aryl methyl sites for hydroxylation is 1. The Labute approximate surface area is 130 Å². The Morgan fingerprint density at radius 2 is 2.05 bits per heavy atom. The van der Waals surface area contributed by atoms with E-state index in [9.17, 15) is 0 Å². The van der Waals surface area contributed by atoms with Gasteiger partial charge in [0.05, 0.1) is 6.54 Å². The second-order valence-corrected chi connectivity index (χ2v) is 6.30. The zero-order chi connectivity index (χ0) is 15.1. The van der Waals surface area contributed by atoms with Gasteiger partial charge in [0.15, 0.2) is 5.96 Å². The maximum absolute atomic E-state index is 4.34. The number of hydrogen-bond donors (Lipinski definition) is 2. The molecule has 1 aromatic heterocycles. The summed E-state index contributed by atoms with van der Waals surface area (Å²) in [5, 5.41) is 7.73. The molecule has 0 spiro atoms. The first-order valence-corrected chi connectivity index (χ1v) is 7.91. The van der Waals surface area contributed by atoms with Gasteiger partial charge in [-0.3, -0.25) is 4.99 Å². The van der Waals surface area contributed by atoms with Crippen molar-refractivity contribution in [3.63, 3.8) is 0 Å². The van der Waals surface area contributed by atoms with Crippen LogP contribution in [0.2, 0.25) is 0 Å². The van der Waals surface area contributed by atoms with E-state index in [4.69, 9.17) is 0 Å². The summed E-state index contributed by atoms with van der Waals surface area (Å²) in [4.78, 5) is 9.81. The number of hydrogen-bond acceptors (Lipinski definition) is 3. The molecule has 1 atom stereocenters. The minimum Gasteiger partial charge on any atom is -0.356 e. The van der Waals surface area contributed by atoms with Crippen molar-refractivity contribution < 1.29 is 0 Å². The topological polar surface area (TPSA) is 49.3 Å². The van der Waals surface area contributed by atoms with E-state index in [1.165, 1.54) is 10.4 Å². The lowest BCUT2D eigenvalue weighted by molar-refractivity contribution is 0.698. The lowest BCUT2D eigenvalue weighted by Gasteiger charge is -2.16. The molecule has 2 N–H and O–H groups in total. The summed E-state index contributed by atoms with van der Waals surface area (Å²) in [6.07, 6.45) is 1.90. The van der Waals surface area contributed by atoms with Crippen LogP contribution in [0.25, 0.3) is 0 Å². The summed E-state index contributed by atoms with van der Waals surface area (Å²) in [6.45, 7) is 5.83. The zero-order valence-electron chi connectivity index (χ0n) is 12.8. The number of aliphatic imine (C=N–C) groups is 1. The van der Waals surface area contributed by atoms with Crippen molar-refractivity contribution in [1.29, 1.82) is 0 Å². The third-order valence-corrected chi connectivity index (χ3v) is 4.16. The van der Waals surface area contributed by atoms with Gasteiger partial charge in [-0.1, -0.05) is 37.3 Å². The molecule has 0 aliphatic rings. The second-order valence-electron chi connectivity index (χ2n) is 4.98. The van der Waals surface area contributed by atoms with Crippen LogP contribution in [-0.4, -0.2) is 24.5 Å². The van der Waals surface area contributed by atoms with Gasteiger partial charge in [-0.15, -0.1) is 11.3 Å². The van der Waals surface area contributed by atoms with E-state index in [1.54, 1.807) is 18.4 Å². The molecule has 0 amide bonds. The van der Waals surface area contributed by atoms with Gasteiger partial charge in [-0.25, -0.2) is 4.98 Å². The summed E-state index contributed by atoms with van der Waals surface area (Å²) >= 11 is 1.71. The van der Waals surface area contributed by atoms with Gasteiger partial charge >= 0.3 is 0 Å². The van der Waals surface area contributed by atoms with Gasteiger partial charge in [-0.2, -0.15) is 0 Å². The first kappa shape index (κ1) is 15.5. The molecule has 4 nitrogen and oxygen atoms in total. The minimum absolute atomic E-state index is 0.437. The molecule has 1 aromatic carbocycles. The first-order valence-electron chi connectivity index (χ1n) is 7.10. The van der Waals surface area contributed by atoms with Crippen LogP contribution in [0.3, 0.4) is 0 Å². The van der Waals surface area contributed by atoms with Gasteiger partial charge < -0.3 is 10.6 Å². The Morgan fingerprint density at radius 3 is 2.67 bits per heavy atom. The maximum atomic E-state index is 4.34. The van der Waals surface area contributed by atoms with Crippen LogP contribution in [0.5, 0.6) is 0 Å². The quantitative estimate of drug-likeness (QED) is 0.659. The molecular formula is C16H22N4S. The summed E-state index contributed by atoms with van der Waals surface area (Å²) < 4.78 is 0. The standard InChI is InChI=1S/C16H22N4S/c1-12(14-7-5-4-6-8-14)9-19-16(17-3)20-11-15-18-10-13(2)21-15/h4-8,10,12H,9,11H2,1-3H3,(H2,17,19,20). The molecule has 0 radical (unpaired) electrons. The third kappa shape index (κ3) is 4.86. The molecular weight excluding hydrogens is 280 g/mol. The number of benzene rings is 1. The number of nitrogens with zero attached hydrogens (tertiary/aromatic N) is 2. The summed E-state index contributed by atoms with van der Waals surface area (Å²) in [7, 11) is 1.79. The van der Waals surface area contributed by atoms with Crippen molar-refractivity contribution in [1.82, 2.24) is 15.6 Å². The van der Waals surface area contributed by atoms with Crippen LogP contribution in [0.1, 0.15) is 28.3 Å². The molecule has 0 fully saturated rings.